The molecule has 5 aromatic carbocycles. The minimum absolute atomic E-state index is 0.710. The first kappa shape index (κ1) is 21.7. The van der Waals surface area contributed by atoms with Gasteiger partial charge in [0, 0.05) is 32.8 Å². The molecular formula is C35H21N3O. The summed E-state index contributed by atoms with van der Waals surface area (Å²) in [5, 5.41) is 4.11. The lowest BCUT2D eigenvalue weighted by Crippen LogP contribution is -1.95. The van der Waals surface area contributed by atoms with Gasteiger partial charge in [-0.3, -0.25) is 0 Å². The molecule has 0 aliphatic rings. The summed E-state index contributed by atoms with van der Waals surface area (Å²) in [6, 6.07) is 43.1. The molecule has 0 atom stereocenters. The Labute approximate surface area is 224 Å². The van der Waals surface area contributed by atoms with Crippen molar-refractivity contribution in [3.63, 3.8) is 0 Å². The van der Waals surface area contributed by atoms with Gasteiger partial charge in [0.15, 0.2) is 5.82 Å². The fourth-order valence-electron chi connectivity index (χ4n) is 5.45. The molecule has 182 valence electrons. The van der Waals surface area contributed by atoms with E-state index in [1.54, 1.807) is 0 Å². The maximum Gasteiger partial charge on any atom is 0.160 e. The smallest absolute Gasteiger partial charge is 0.160 e. The lowest BCUT2D eigenvalue weighted by atomic mass is 9.98. The number of fused-ring (bicyclic) bond motifs is 6. The molecule has 0 spiro atoms. The number of nitrogens with zero attached hydrogens (tertiary/aromatic N) is 3. The topological polar surface area (TPSA) is 51.8 Å². The Bertz CT molecular complexity index is 2180. The molecule has 8 rings (SSSR count). The average Bonchev–Trinajstić information content (AvgIpc) is 3.41. The lowest BCUT2D eigenvalue weighted by Gasteiger charge is -2.11. The number of para-hydroxylation sites is 3. The first-order valence-electron chi connectivity index (χ1n) is 13.0. The standard InChI is InChI=1S/C35H21N3O/c1-2-11-22(12-3-1)35-37-28-18-7-4-15-25(28)32(38-35)23-13-10-14-24(21-23)33-31-27-17-6-9-20-30(27)39-34(31)26-16-5-8-19-29(26)36-33/h1-21H. The van der Waals surface area contributed by atoms with Crippen molar-refractivity contribution in [1.29, 1.82) is 0 Å². The first-order chi connectivity index (χ1) is 19.3. The molecule has 39 heavy (non-hydrogen) atoms. The van der Waals surface area contributed by atoms with Crippen molar-refractivity contribution in [2.24, 2.45) is 0 Å². The zero-order valence-corrected chi connectivity index (χ0v) is 20.9. The van der Waals surface area contributed by atoms with Crippen LogP contribution in [-0.2, 0) is 0 Å². The molecule has 0 amide bonds. The summed E-state index contributed by atoms with van der Waals surface area (Å²) in [4.78, 5) is 15.1. The Kier molecular flexibility index (Phi) is 4.79. The Morgan fingerprint density at radius 2 is 1.05 bits per heavy atom. The minimum atomic E-state index is 0.710. The second-order valence-corrected chi connectivity index (χ2v) is 9.64. The van der Waals surface area contributed by atoms with Crippen LogP contribution in [0.1, 0.15) is 0 Å². The highest BCUT2D eigenvalue weighted by Gasteiger charge is 2.18. The third-order valence-electron chi connectivity index (χ3n) is 7.26. The number of aromatic nitrogens is 3. The van der Waals surface area contributed by atoms with Crippen molar-refractivity contribution in [3.05, 3.63) is 127 Å². The van der Waals surface area contributed by atoms with Gasteiger partial charge in [0.1, 0.15) is 11.2 Å². The third kappa shape index (κ3) is 3.50. The van der Waals surface area contributed by atoms with Crippen molar-refractivity contribution in [2.45, 2.75) is 0 Å². The van der Waals surface area contributed by atoms with E-state index in [0.717, 1.165) is 71.8 Å². The summed E-state index contributed by atoms with van der Waals surface area (Å²) in [6.45, 7) is 0. The van der Waals surface area contributed by atoms with E-state index in [4.69, 9.17) is 19.4 Å². The van der Waals surface area contributed by atoms with Crippen LogP contribution in [0.4, 0.5) is 0 Å². The van der Waals surface area contributed by atoms with E-state index in [0.29, 0.717) is 5.82 Å². The van der Waals surface area contributed by atoms with Crippen molar-refractivity contribution >= 4 is 43.7 Å². The predicted molar refractivity (Wildman–Crippen MR) is 158 cm³/mol. The van der Waals surface area contributed by atoms with Gasteiger partial charge in [-0.1, -0.05) is 97.1 Å². The highest BCUT2D eigenvalue weighted by atomic mass is 16.3. The number of rotatable bonds is 3. The first-order valence-corrected chi connectivity index (χ1v) is 13.0. The van der Waals surface area contributed by atoms with E-state index in [9.17, 15) is 0 Å². The molecule has 3 heterocycles. The van der Waals surface area contributed by atoms with E-state index in [1.807, 2.05) is 84.9 Å². The van der Waals surface area contributed by atoms with Gasteiger partial charge in [-0.2, -0.15) is 0 Å². The fourth-order valence-corrected chi connectivity index (χ4v) is 5.45. The van der Waals surface area contributed by atoms with Gasteiger partial charge in [0.05, 0.1) is 27.8 Å². The highest BCUT2D eigenvalue weighted by molar-refractivity contribution is 6.19. The molecule has 3 aromatic heterocycles. The normalized spacial score (nSPS) is 11.6. The Morgan fingerprint density at radius 1 is 0.436 bits per heavy atom. The van der Waals surface area contributed by atoms with Crippen LogP contribution < -0.4 is 0 Å². The number of hydrogen-bond donors (Lipinski definition) is 0. The second kappa shape index (κ2) is 8.61. The Balaban J connectivity index is 1.40. The lowest BCUT2D eigenvalue weighted by molar-refractivity contribution is 0.672. The predicted octanol–water partition coefficient (Wildman–Crippen LogP) is 9.08. The van der Waals surface area contributed by atoms with E-state index in [1.165, 1.54) is 0 Å². The molecular weight excluding hydrogens is 478 g/mol. The molecule has 0 unspecified atom stereocenters. The van der Waals surface area contributed by atoms with Crippen molar-refractivity contribution in [1.82, 2.24) is 15.0 Å². The van der Waals surface area contributed by atoms with Crippen molar-refractivity contribution in [2.75, 3.05) is 0 Å². The fraction of sp³-hybridized carbons (Fsp3) is 0. The monoisotopic (exact) mass is 499 g/mol. The minimum Gasteiger partial charge on any atom is -0.455 e. The molecule has 0 radical (unpaired) electrons. The van der Waals surface area contributed by atoms with E-state index >= 15 is 0 Å². The Morgan fingerprint density at radius 3 is 1.87 bits per heavy atom. The summed E-state index contributed by atoms with van der Waals surface area (Å²) in [5.41, 5.74) is 8.36. The summed E-state index contributed by atoms with van der Waals surface area (Å²) >= 11 is 0. The maximum absolute atomic E-state index is 6.40. The molecule has 0 N–H and O–H groups in total. The van der Waals surface area contributed by atoms with E-state index in [-0.39, 0.29) is 0 Å². The van der Waals surface area contributed by atoms with Crippen molar-refractivity contribution in [3.8, 4) is 33.9 Å². The van der Waals surface area contributed by atoms with Gasteiger partial charge >= 0.3 is 0 Å². The van der Waals surface area contributed by atoms with Crippen LogP contribution in [0.2, 0.25) is 0 Å². The number of hydrogen-bond acceptors (Lipinski definition) is 4. The zero-order valence-electron chi connectivity index (χ0n) is 20.9. The van der Waals surface area contributed by atoms with Gasteiger partial charge in [-0.15, -0.1) is 0 Å². The molecule has 4 heteroatoms. The van der Waals surface area contributed by atoms with Crippen LogP contribution in [0.25, 0.3) is 77.6 Å². The quantitative estimate of drug-likeness (QED) is 0.243. The zero-order chi connectivity index (χ0) is 25.8. The van der Waals surface area contributed by atoms with Crippen molar-refractivity contribution < 1.29 is 4.42 Å². The second-order valence-electron chi connectivity index (χ2n) is 9.64. The van der Waals surface area contributed by atoms with Crippen LogP contribution in [0.3, 0.4) is 0 Å². The number of furan rings is 1. The van der Waals surface area contributed by atoms with E-state index < -0.39 is 0 Å². The van der Waals surface area contributed by atoms with Gasteiger partial charge in [0.25, 0.3) is 0 Å². The van der Waals surface area contributed by atoms with Gasteiger partial charge in [0.2, 0.25) is 0 Å². The summed E-state index contributed by atoms with van der Waals surface area (Å²) in [6.07, 6.45) is 0. The summed E-state index contributed by atoms with van der Waals surface area (Å²) < 4.78 is 6.40. The SMILES string of the molecule is c1ccc(-c2nc(-c3cccc(-c4nc5ccccc5c5oc6ccccc6c45)c3)c3ccccc3n2)cc1. The number of benzene rings is 5. The van der Waals surface area contributed by atoms with Gasteiger partial charge in [-0.25, -0.2) is 15.0 Å². The molecule has 0 fully saturated rings. The summed E-state index contributed by atoms with van der Waals surface area (Å²) in [5.74, 6) is 0.710. The molecule has 4 nitrogen and oxygen atoms in total. The maximum atomic E-state index is 6.40. The average molecular weight is 500 g/mol. The van der Waals surface area contributed by atoms with E-state index in [2.05, 4.69) is 42.5 Å². The van der Waals surface area contributed by atoms with Crippen LogP contribution in [0, 0.1) is 0 Å². The van der Waals surface area contributed by atoms with Crippen LogP contribution >= 0.6 is 0 Å². The van der Waals surface area contributed by atoms with Crippen LogP contribution in [0.5, 0.6) is 0 Å². The molecule has 0 saturated carbocycles. The molecule has 0 bridgehead atoms. The Hall–Kier alpha value is -5.35. The molecule has 0 saturated heterocycles. The molecule has 0 aliphatic heterocycles. The van der Waals surface area contributed by atoms with Crippen LogP contribution in [-0.4, -0.2) is 15.0 Å². The summed E-state index contributed by atoms with van der Waals surface area (Å²) in [7, 11) is 0. The molecule has 8 aromatic rings. The van der Waals surface area contributed by atoms with Gasteiger partial charge < -0.3 is 4.42 Å². The highest BCUT2D eigenvalue weighted by Crippen LogP contribution is 2.40. The van der Waals surface area contributed by atoms with Gasteiger partial charge in [-0.05, 0) is 30.3 Å². The third-order valence-corrected chi connectivity index (χ3v) is 7.26. The molecule has 0 aliphatic carbocycles. The van der Waals surface area contributed by atoms with Crippen LogP contribution in [0.15, 0.2) is 132 Å². The number of pyridine rings is 1. The largest absolute Gasteiger partial charge is 0.455 e.